The summed E-state index contributed by atoms with van der Waals surface area (Å²) in [6.07, 6.45) is 0.335. The Bertz CT molecular complexity index is 731. The molecule has 27 heavy (non-hydrogen) atoms. The molecule has 7 heteroatoms. The highest BCUT2D eigenvalue weighted by Crippen LogP contribution is 2.32. The molecule has 2 aliphatic heterocycles. The zero-order chi connectivity index (χ0) is 19.6. The maximum atomic E-state index is 13.1. The third-order valence-electron chi connectivity index (χ3n) is 5.32. The maximum absolute atomic E-state index is 13.1. The lowest BCUT2D eigenvalue weighted by molar-refractivity contribution is -0.135. The molecule has 7 nitrogen and oxygen atoms in total. The first-order valence-electron chi connectivity index (χ1n) is 9.32. The second-order valence-corrected chi connectivity index (χ2v) is 7.82. The summed E-state index contributed by atoms with van der Waals surface area (Å²) in [7, 11) is 1.58. The summed E-state index contributed by atoms with van der Waals surface area (Å²) >= 11 is 0. The van der Waals surface area contributed by atoms with Gasteiger partial charge in [-0.15, -0.1) is 0 Å². The number of nitrogens with zero attached hydrogens (tertiary/aromatic N) is 2. The van der Waals surface area contributed by atoms with Crippen LogP contribution in [0.5, 0.6) is 5.75 Å². The molecule has 2 heterocycles. The molecule has 3 rings (SSSR count). The lowest BCUT2D eigenvalue weighted by atomic mass is 9.85. The van der Waals surface area contributed by atoms with E-state index in [9.17, 15) is 14.4 Å². The first-order valence-corrected chi connectivity index (χ1v) is 9.32. The molecular weight excluding hydrogens is 346 g/mol. The van der Waals surface area contributed by atoms with Gasteiger partial charge in [0.25, 0.3) is 5.91 Å². The fourth-order valence-corrected chi connectivity index (χ4v) is 3.88. The van der Waals surface area contributed by atoms with Gasteiger partial charge in [0.2, 0.25) is 11.8 Å². The van der Waals surface area contributed by atoms with Gasteiger partial charge in [0.15, 0.2) is 0 Å². The van der Waals surface area contributed by atoms with Gasteiger partial charge < -0.3 is 19.9 Å². The fourth-order valence-electron chi connectivity index (χ4n) is 3.88. The third-order valence-corrected chi connectivity index (χ3v) is 5.32. The molecule has 2 fully saturated rings. The van der Waals surface area contributed by atoms with Crippen LogP contribution in [-0.4, -0.2) is 67.4 Å². The molecule has 0 aromatic heterocycles. The zero-order valence-electron chi connectivity index (χ0n) is 16.2. The molecule has 1 spiro atoms. The van der Waals surface area contributed by atoms with Crippen LogP contribution in [-0.2, 0) is 9.59 Å². The number of carbonyl (C=O) groups excluding carboxylic acids is 3. The van der Waals surface area contributed by atoms with Gasteiger partial charge in [-0.1, -0.05) is 13.8 Å². The molecule has 1 aromatic rings. The van der Waals surface area contributed by atoms with Gasteiger partial charge in [-0.25, -0.2) is 0 Å². The molecule has 146 valence electrons. The van der Waals surface area contributed by atoms with E-state index in [1.165, 1.54) is 0 Å². The van der Waals surface area contributed by atoms with E-state index in [2.05, 4.69) is 5.32 Å². The first kappa shape index (κ1) is 19.2. The van der Waals surface area contributed by atoms with E-state index >= 15 is 0 Å². The number of ether oxygens (including phenoxy) is 1. The van der Waals surface area contributed by atoms with E-state index in [0.717, 1.165) is 0 Å². The summed E-state index contributed by atoms with van der Waals surface area (Å²) in [5, 5.41) is 2.88. The minimum atomic E-state index is -0.430. The molecule has 0 radical (unpaired) electrons. The lowest BCUT2D eigenvalue weighted by Gasteiger charge is -2.33. The minimum Gasteiger partial charge on any atom is -0.497 e. The molecule has 0 aliphatic carbocycles. The highest BCUT2D eigenvalue weighted by molar-refractivity contribution is 5.94. The van der Waals surface area contributed by atoms with Crippen LogP contribution in [0.25, 0.3) is 0 Å². The van der Waals surface area contributed by atoms with Gasteiger partial charge in [-0.2, -0.15) is 0 Å². The molecule has 0 bridgehead atoms. The summed E-state index contributed by atoms with van der Waals surface area (Å²) < 4.78 is 5.15. The second kappa shape index (κ2) is 7.58. The fraction of sp³-hybridized carbons (Fsp3) is 0.550. The Morgan fingerprint density at radius 3 is 2.30 bits per heavy atom. The van der Waals surface area contributed by atoms with Crippen LogP contribution in [0.15, 0.2) is 24.3 Å². The Morgan fingerprint density at radius 2 is 1.74 bits per heavy atom. The van der Waals surface area contributed by atoms with Crippen LogP contribution < -0.4 is 10.1 Å². The van der Waals surface area contributed by atoms with Crippen molar-refractivity contribution in [2.45, 2.75) is 20.3 Å². The molecule has 2 aliphatic rings. The van der Waals surface area contributed by atoms with Crippen molar-refractivity contribution in [1.82, 2.24) is 15.1 Å². The number of nitrogens with one attached hydrogen (secondary N) is 1. The number of amides is 3. The van der Waals surface area contributed by atoms with Crippen LogP contribution >= 0.6 is 0 Å². The van der Waals surface area contributed by atoms with Crippen LogP contribution in [0.3, 0.4) is 0 Å². The van der Waals surface area contributed by atoms with Gasteiger partial charge in [-0.3, -0.25) is 14.4 Å². The third kappa shape index (κ3) is 4.07. The summed E-state index contributed by atoms with van der Waals surface area (Å²) in [5.41, 5.74) is 0.146. The van der Waals surface area contributed by atoms with E-state index in [1.807, 2.05) is 18.7 Å². The number of carbonyl (C=O) groups is 3. The molecule has 1 aromatic carbocycles. The van der Waals surface area contributed by atoms with Gasteiger partial charge in [0.1, 0.15) is 5.75 Å². The summed E-state index contributed by atoms with van der Waals surface area (Å²) in [6.45, 7) is 6.12. The highest BCUT2D eigenvalue weighted by Gasteiger charge is 2.45. The monoisotopic (exact) mass is 373 g/mol. The topological polar surface area (TPSA) is 79.0 Å². The second-order valence-electron chi connectivity index (χ2n) is 7.82. The van der Waals surface area contributed by atoms with E-state index in [-0.39, 0.29) is 23.6 Å². The van der Waals surface area contributed by atoms with Crippen molar-refractivity contribution < 1.29 is 19.1 Å². The molecule has 1 unspecified atom stereocenters. The van der Waals surface area contributed by atoms with Crippen molar-refractivity contribution in [2.24, 2.45) is 11.3 Å². The zero-order valence-corrected chi connectivity index (χ0v) is 16.2. The molecule has 1 N–H and O–H groups in total. The Morgan fingerprint density at radius 1 is 1.11 bits per heavy atom. The average molecular weight is 373 g/mol. The van der Waals surface area contributed by atoms with Gasteiger partial charge in [0, 0.05) is 56.0 Å². The van der Waals surface area contributed by atoms with Crippen molar-refractivity contribution in [1.29, 1.82) is 0 Å². The predicted octanol–water partition coefficient (Wildman–Crippen LogP) is 1.14. The van der Waals surface area contributed by atoms with Gasteiger partial charge >= 0.3 is 0 Å². The number of benzene rings is 1. The Kier molecular flexibility index (Phi) is 5.39. The Balaban J connectivity index is 1.84. The number of methoxy groups -OCH3 is 1. The van der Waals surface area contributed by atoms with Crippen molar-refractivity contribution in [3.05, 3.63) is 29.8 Å². The Hall–Kier alpha value is -2.57. The smallest absolute Gasteiger partial charge is 0.253 e. The van der Waals surface area contributed by atoms with Crippen molar-refractivity contribution in [3.8, 4) is 5.75 Å². The van der Waals surface area contributed by atoms with Crippen molar-refractivity contribution >= 4 is 17.7 Å². The van der Waals surface area contributed by atoms with Crippen LogP contribution in [0.2, 0.25) is 0 Å². The van der Waals surface area contributed by atoms with Gasteiger partial charge in [-0.05, 0) is 24.3 Å². The van der Waals surface area contributed by atoms with E-state index in [0.29, 0.717) is 50.5 Å². The molecular formula is C20H27N3O4. The summed E-state index contributed by atoms with van der Waals surface area (Å²) in [6, 6.07) is 7.01. The largest absolute Gasteiger partial charge is 0.497 e. The van der Waals surface area contributed by atoms with Crippen LogP contribution in [0.4, 0.5) is 0 Å². The quantitative estimate of drug-likeness (QED) is 0.862. The predicted molar refractivity (Wildman–Crippen MR) is 100 cm³/mol. The Labute approximate surface area is 159 Å². The summed E-state index contributed by atoms with van der Waals surface area (Å²) in [4.78, 5) is 41.2. The number of hydrogen-bond acceptors (Lipinski definition) is 4. The highest BCUT2D eigenvalue weighted by atomic mass is 16.5. The SMILES string of the molecule is COc1ccc(C(=O)N2CCN(C(=O)C(C)C)CC3(CNC(=O)C3)C2)cc1. The van der Waals surface area contributed by atoms with Gasteiger partial charge in [0.05, 0.1) is 7.11 Å². The molecule has 1 atom stereocenters. The molecule has 3 amide bonds. The van der Waals surface area contributed by atoms with E-state index in [4.69, 9.17) is 4.74 Å². The lowest BCUT2D eigenvalue weighted by Crippen LogP contribution is -2.45. The standard InChI is InChI=1S/C20H27N3O4/c1-14(2)18(25)22-8-9-23(13-20(12-22)10-17(24)21-11-20)19(26)15-4-6-16(27-3)7-5-15/h4-7,14H,8-13H2,1-3H3,(H,21,24). The summed E-state index contributed by atoms with van der Waals surface area (Å²) in [5.74, 6) is 0.530. The number of rotatable bonds is 3. The van der Waals surface area contributed by atoms with Crippen molar-refractivity contribution in [2.75, 3.05) is 39.8 Å². The maximum Gasteiger partial charge on any atom is 0.253 e. The average Bonchev–Trinajstić information content (AvgIpc) is 2.91. The number of hydrogen-bond donors (Lipinski definition) is 1. The first-order chi connectivity index (χ1) is 12.8. The van der Waals surface area contributed by atoms with E-state index < -0.39 is 5.41 Å². The van der Waals surface area contributed by atoms with Crippen molar-refractivity contribution in [3.63, 3.8) is 0 Å². The normalized spacial score (nSPS) is 22.7. The minimum absolute atomic E-state index is 0.0225. The van der Waals surface area contributed by atoms with Crippen LogP contribution in [0.1, 0.15) is 30.6 Å². The molecule has 2 saturated heterocycles. The van der Waals surface area contributed by atoms with E-state index in [1.54, 1.807) is 36.3 Å². The molecule has 0 saturated carbocycles. The van der Waals surface area contributed by atoms with Crippen LogP contribution in [0, 0.1) is 11.3 Å².